The van der Waals surface area contributed by atoms with Gasteiger partial charge in [-0.05, 0) is 55.5 Å². The molecule has 3 aromatic heterocycles. The number of aromatic nitrogens is 3. The number of nitrogens with one attached hydrogen (secondary N) is 1. The number of aryl methyl sites for hydroxylation is 3. The molecule has 1 aliphatic carbocycles. The number of thiophene rings is 1. The second-order valence-electron chi connectivity index (χ2n) is 6.66. The lowest BCUT2D eigenvalue weighted by Gasteiger charge is -2.10. The van der Waals surface area contributed by atoms with E-state index in [4.69, 9.17) is 0 Å². The normalized spacial score (nSPS) is 14.3. The van der Waals surface area contributed by atoms with Gasteiger partial charge in [-0.2, -0.15) is 0 Å². The number of benzene rings is 1. The monoisotopic (exact) mass is 351 g/mol. The van der Waals surface area contributed by atoms with Crippen molar-refractivity contribution in [2.45, 2.75) is 25.7 Å². The van der Waals surface area contributed by atoms with E-state index >= 15 is 0 Å². The molecule has 5 nitrogen and oxygen atoms in total. The Morgan fingerprint density at radius 1 is 1.12 bits per heavy atom. The van der Waals surface area contributed by atoms with Crippen LogP contribution in [0.4, 0.5) is 0 Å². The standard InChI is InChI=1S/C19H17N3O2S/c1-21-9-8-11-10-12(6-7-14(11)21)22-18(23)16-13-4-2-3-5-15(13)25-17(16)20-19(22)24/h6-10H,2-5H2,1H3,(H,20,24). The Morgan fingerprint density at radius 3 is 2.84 bits per heavy atom. The molecule has 0 atom stereocenters. The van der Waals surface area contributed by atoms with Gasteiger partial charge in [0, 0.05) is 29.0 Å². The maximum absolute atomic E-state index is 13.2. The Morgan fingerprint density at radius 2 is 1.96 bits per heavy atom. The number of fused-ring (bicyclic) bond motifs is 4. The molecule has 1 N–H and O–H groups in total. The third kappa shape index (κ3) is 2.07. The molecule has 0 fully saturated rings. The Labute approximate surface area is 147 Å². The molecule has 0 amide bonds. The molecule has 0 bridgehead atoms. The highest BCUT2D eigenvalue weighted by atomic mass is 32.1. The molecule has 3 heterocycles. The Balaban J connectivity index is 1.82. The molecule has 126 valence electrons. The molecule has 0 aliphatic heterocycles. The van der Waals surface area contributed by atoms with Crippen LogP contribution in [0.3, 0.4) is 0 Å². The fraction of sp³-hybridized carbons (Fsp3) is 0.263. The molecule has 1 aliphatic rings. The van der Waals surface area contributed by atoms with Gasteiger partial charge in [0.05, 0.1) is 11.1 Å². The van der Waals surface area contributed by atoms with E-state index in [1.54, 1.807) is 11.3 Å². The number of hydrogen-bond acceptors (Lipinski definition) is 3. The average molecular weight is 351 g/mol. The van der Waals surface area contributed by atoms with E-state index in [-0.39, 0.29) is 11.2 Å². The van der Waals surface area contributed by atoms with Crippen molar-refractivity contribution in [1.29, 1.82) is 0 Å². The highest BCUT2D eigenvalue weighted by molar-refractivity contribution is 7.18. The summed E-state index contributed by atoms with van der Waals surface area (Å²) in [5.74, 6) is 0. The van der Waals surface area contributed by atoms with Crippen LogP contribution >= 0.6 is 11.3 Å². The fourth-order valence-corrected chi connectivity index (χ4v) is 5.15. The molecular weight excluding hydrogens is 334 g/mol. The summed E-state index contributed by atoms with van der Waals surface area (Å²) in [5, 5.41) is 1.71. The summed E-state index contributed by atoms with van der Waals surface area (Å²) in [6.07, 6.45) is 6.16. The summed E-state index contributed by atoms with van der Waals surface area (Å²) in [4.78, 5) is 30.7. The summed E-state index contributed by atoms with van der Waals surface area (Å²) in [7, 11) is 1.98. The number of aromatic amines is 1. The van der Waals surface area contributed by atoms with Gasteiger partial charge >= 0.3 is 5.69 Å². The minimum absolute atomic E-state index is 0.201. The predicted molar refractivity (Wildman–Crippen MR) is 101 cm³/mol. The van der Waals surface area contributed by atoms with E-state index in [0.717, 1.165) is 47.0 Å². The molecule has 6 heteroatoms. The van der Waals surface area contributed by atoms with Crippen LogP contribution in [-0.2, 0) is 19.9 Å². The first-order valence-electron chi connectivity index (χ1n) is 8.48. The van der Waals surface area contributed by atoms with Crippen LogP contribution in [-0.4, -0.2) is 14.1 Å². The lowest BCUT2D eigenvalue weighted by Crippen LogP contribution is -2.33. The smallest absolute Gasteiger partial charge is 0.334 e. The SMILES string of the molecule is Cn1ccc2cc(-n3c(=O)[nH]c4sc5c(c4c3=O)CCCC5)ccc21. The van der Waals surface area contributed by atoms with Crippen molar-refractivity contribution in [2.75, 3.05) is 0 Å². The second kappa shape index (κ2) is 5.20. The van der Waals surface area contributed by atoms with Gasteiger partial charge in [-0.1, -0.05) is 0 Å². The fourth-order valence-electron chi connectivity index (χ4n) is 3.88. The average Bonchev–Trinajstić information content (AvgIpc) is 3.15. The van der Waals surface area contributed by atoms with Crippen LogP contribution in [0.5, 0.6) is 0 Å². The van der Waals surface area contributed by atoms with Crippen molar-refractivity contribution in [2.24, 2.45) is 7.05 Å². The molecule has 0 unspecified atom stereocenters. The van der Waals surface area contributed by atoms with Gasteiger partial charge < -0.3 is 4.57 Å². The molecule has 0 radical (unpaired) electrons. The van der Waals surface area contributed by atoms with Gasteiger partial charge in [-0.3, -0.25) is 9.78 Å². The number of H-pyrrole nitrogens is 1. The zero-order valence-electron chi connectivity index (χ0n) is 13.8. The predicted octanol–water partition coefficient (Wildman–Crippen LogP) is 3.11. The molecule has 0 spiro atoms. The lowest BCUT2D eigenvalue weighted by atomic mass is 9.97. The first-order valence-corrected chi connectivity index (χ1v) is 9.30. The van der Waals surface area contributed by atoms with Crippen molar-refractivity contribution in [3.05, 3.63) is 61.7 Å². The molecule has 25 heavy (non-hydrogen) atoms. The van der Waals surface area contributed by atoms with Gasteiger partial charge in [0.15, 0.2) is 0 Å². The minimum atomic E-state index is -0.369. The van der Waals surface area contributed by atoms with Crippen LogP contribution in [0.15, 0.2) is 40.1 Å². The van der Waals surface area contributed by atoms with E-state index in [2.05, 4.69) is 4.98 Å². The van der Waals surface area contributed by atoms with Gasteiger partial charge in [-0.25, -0.2) is 9.36 Å². The summed E-state index contributed by atoms with van der Waals surface area (Å²) in [6, 6.07) is 7.67. The summed E-state index contributed by atoms with van der Waals surface area (Å²) >= 11 is 1.57. The molecule has 4 aromatic rings. The maximum Gasteiger partial charge on any atom is 0.334 e. The molecule has 0 saturated heterocycles. The third-order valence-electron chi connectivity index (χ3n) is 5.14. The second-order valence-corrected chi connectivity index (χ2v) is 7.76. The maximum atomic E-state index is 13.2. The van der Waals surface area contributed by atoms with Crippen molar-refractivity contribution in [3.63, 3.8) is 0 Å². The molecule has 1 aromatic carbocycles. The topological polar surface area (TPSA) is 59.8 Å². The van der Waals surface area contributed by atoms with Gasteiger partial charge in [0.2, 0.25) is 0 Å². The number of rotatable bonds is 1. The van der Waals surface area contributed by atoms with E-state index in [0.29, 0.717) is 11.1 Å². The number of nitrogens with zero attached hydrogens (tertiary/aromatic N) is 2. The molecular formula is C19H17N3O2S. The largest absolute Gasteiger partial charge is 0.351 e. The van der Waals surface area contributed by atoms with E-state index in [1.165, 1.54) is 9.44 Å². The molecule has 5 rings (SSSR count). The Hall–Kier alpha value is -2.60. The highest BCUT2D eigenvalue weighted by Gasteiger charge is 2.21. The third-order valence-corrected chi connectivity index (χ3v) is 6.35. The summed E-state index contributed by atoms with van der Waals surface area (Å²) in [6.45, 7) is 0. The van der Waals surface area contributed by atoms with Crippen LogP contribution in [0.2, 0.25) is 0 Å². The van der Waals surface area contributed by atoms with Crippen molar-refractivity contribution in [1.82, 2.24) is 14.1 Å². The van der Waals surface area contributed by atoms with Crippen molar-refractivity contribution < 1.29 is 0 Å². The van der Waals surface area contributed by atoms with Crippen LogP contribution in [0.1, 0.15) is 23.3 Å². The van der Waals surface area contributed by atoms with Gasteiger partial charge in [-0.15, -0.1) is 11.3 Å². The first kappa shape index (κ1) is 14.7. The van der Waals surface area contributed by atoms with E-state index in [1.807, 2.05) is 42.1 Å². The zero-order chi connectivity index (χ0) is 17.1. The number of hydrogen-bond donors (Lipinski definition) is 1. The van der Waals surface area contributed by atoms with Gasteiger partial charge in [0.1, 0.15) is 4.83 Å². The van der Waals surface area contributed by atoms with Crippen molar-refractivity contribution >= 4 is 32.5 Å². The highest BCUT2D eigenvalue weighted by Crippen LogP contribution is 2.33. The van der Waals surface area contributed by atoms with E-state index in [9.17, 15) is 9.59 Å². The summed E-state index contributed by atoms with van der Waals surface area (Å²) < 4.78 is 3.29. The quantitative estimate of drug-likeness (QED) is 0.573. The van der Waals surface area contributed by atoms with E-state index < -0.39 is 0 Å². The lowest BCUT2D eigenvalue weighted by molar-refractivity contribution is 0.699. The van der Waals surface area contributed by atoms with Gasteiger partial charge in [0.25, 0.3) is 5.56 Å². The summed E-state index contributed by atoms with van der Waals surface area (Å²) in [5.41, 5.74) is 2.26. The van der Waals surface area contributed by atoms with Crippen LogP contribution in [0, 0.1) is 0 Å². The van der Waals surface area contributed by atoms with Crippen molar-refractivity contribution in [3.8, 4) is 5.69 Å². The van der Waals surface area contributed by atoms with Crippen LogP contribution < -0.4 is 11.2 Å². The zero-order valence-corrected chi connectivity index (χ0v) is 14.7. The molecule has 0 saturated carbocycles. The first-order chi connectivity index (χ1) is 12.1. The Kier molecular flexibility index (Phi) is 3.06. The Bertz CT molecular complexity index is 1260. The van der Waals surface area contributed by atoms with Crippen LogP contribution in [0.25, 0.3) is 26.8 Å². The minimum Gasteiger partial charge on any atom is -0.351 e.